The van der Waals surface area contributed by atoms with E-state index in [-0.39, 0.29) is 5.69 Å². The molecule has 2 rings (SSSR count). The molecule has 0 heterocycles. The minimum absolute atomic E-state index is 0.000933. The Balaban J connectivity index is 2.65. The van der Waals surface area contributed by atoms with Crippen molar-refractivity contribution < 1.29 is 19.2 Å². The predicted molar refractivity (Wildman–Crippen MR) is 104 cm³/mol. The van der Waals surface area contributed by atoms with Crippen molar-refractivity contribution >= 4 is 17.2 Å². The third-order valence-corrected chi connectivity index (χ3v) is 4.26. The summed E-state index contributed by atoms with van der Waals surface area (Å²) in [6, 6.07) is 13.6. The number of non-ortho nitro benzene ring substituents is 1. The van der Waals surface area contributed by atoms with Crippen molar-refractivity contribution in [2.45, 2.75) is 26.2 Å². The van der Waals surface area contributed by atoms with Crippen LogP contribution in [0.3, 0.4) is 0 Å². The number of unbranched alkanes of at least 4 members (excludes halogenated alkanes) is 1. The molecule has 2 aromatic carbocycles. The fourth-order valence-corrected chi connectivity index (χ4v) is 2.83. The fraction of sp³-hybridized carbons (Fsp3) is 0.286. The van der Waals surface area contributed by atoms with Gasteiger partial charge in [-0.2, -0.15) is 0 Å². The molecule has 0 saturated carbocycles. The first-order chi connectivity index (χ1) is 13.0. The van der Waals surface area contributed by atoms with Gasteiger partial charge in [-0.25, -0.2) is 4.79 Å². The van der Waals surface area contributed by atoms with Crippen molar-refractivity contribution in [1.82, 2.24) is 0 Å². The molecule has 2 aromatic rings. The van der Waals surface area contributed by atoms with Crippen LogP contribution < -0.4 is 4.74 Å². The number of ether oxygens (including phenoxy) is 2. The number of benzene rings is 2. The molecule has 0 fully saturated rings. The fourth-order valence-electron chi connectivity index (χ4n) is 2.83. The summed E-state index contributed by atoms with van der Waals surface area (Å²) in [6.07, 6.45) is 2.31. The van der Waals surface area contributed by atoms with Crippen molar-refractivity contribution in [2.24, 2.45) is 0 Å². The predicted octanol–water partition coefficient (Wildman–Crippen LogP) is 4.77. The van der Waals surface area contributed by atoms with Crippen molar-refractivity contribution in [2.75, 3.05) is 14.2 Å². The molecule has 0 N–H and O–H groups in total. The first-order valence-corrected chi connectivity index (χ1v) is 8.72. The van der Waals surface area contributed by atoms with Gasteiger partial charge in [0, 0.05) is 17.7 Å². The highest BCUT2D eigenvalue weighted by molar-refractivity contribution is 6.01. The number of hydrogen-bond acceptors (Lipinski definition) is 5. The van der Waals surface area contributed by atoms with Crippen LogP contribution in [0, 0.1) is 10.1 Å². The smallest absolute Gasteiger partial charge is 0.334 e. The Hall–Kier alpha value is -3.15. The number of methoxy groups -OCH3 is 2. The number of esters is 1. The monoisotopic (exact) mass is 369 g/mol. The summed E-state index contributed by atoms with van der Waals surface area (Å²) in [7, 11) is 2.94. The van der Waals surface area contributed by atoms with Gasteiger partial charge in [0.15, 0.2) is 0 Å². The topological polar surface area (TPSA) is 78.7 Å². The van der Waals surface area contributed by atoms with Crippen LogP contribution >= 0.6 is 0 Å². The minimum Gasteiger partial charge on any atom is -0.497 e. The van der Waals surface area contributed by atoms with E-state index in [2.05, 4.69) is 0 Å². The lowest BCUT2D eigenvalue weighted by atomic mass is 9.90. The highest BCUT2D eigenvalue weighted by Crippen LogP contribution is 2.32. The maximum absolute atomic E-state index is 12.5. The first-order valence-electron chi connectivity index (χ1n) is 8.72. The average Bonchev–Trinajstić information content (AvgIpc) is 2.71. The van der Waals surface area contributed by atoms with E-state index >= 15 is 0 Å². The number of nitro groups is 1. The van der Waals surface area contributed by atoms with Gasteiger partial charge in [-0.05, 0) is 53.8 Å². The van der Waals surface area contributed by atoms with Gasteiger partial charge in [0.25, 0.3) is 5.69 Å². The third-order valence-electron chi connectivity index (χ3n) is 4.26. The maximum Gasteiger partial charge on any atom is 0.334 e. The Bertz CT molecular complexity index is 823. The standard InChI is InChI=1S/C21H23NO5/c1-4-5-6-19(21(23)27-3)20(16-9-13-18(26-2)14-10-16)15-7-11-17(12-8-15)22(24)25/h7-14H,4-6H2,1-3H3/b20-19+. The van der Waals surface area contributed by atoms with E-state index in [0.29, 0.717) is 23.3 Å². The van der Waals surface area contributed by atoms with Crippen LogP contribution in [0.5, 0.6) is 5.75 Å². The Labute approximate surface area is 158 Å². The number of carbonyl (C=O) groups excluding carboxylic acids is 1. The summed E-state index contributed by atoms with van der Waals surface area (Å²) >= 11 is 0. The number of nitrogens with zero attached hydrogens (tertiary/aromatic N) is 1. The molecule has 0 radical (unpaired) electrons. The van der Waals surface area contributed by atoms with E-state index in [4.69, 9.17) is 9.47 Å². The highest BCUT2D eigenvalue weighted by Gasteiger charge is 2.19. The zero-order chi connectivity index (χ0) is 19.8. The maximum atomic E-state index is 12.5. The first kappa shape index (κ1) is 20.2. The van der Waals surface area contributed by atoms with Crippen LogP contribution in [0.4, 0.5) is 5.69 Å². The van der Waals surface area contributed by atoms with Crippen LogP contribution in [0.2, 0.25) is 0 Å². The molecule has 0 aliphatic carbocycles. The van der Waals surface area contributed by atoms with Crippen molar-refractivity contribution in [3.05, 3.63) is 75.3 Å². The molecule has 0 unspecified atom stereocenters. The van der Waals surface area contributed by atoms with Crippen molar-refractivity contribution in [3.63, 3.8) is 0 Å². The molecular weight excluding hydrogens is 346 g/mol. The second kappa shape index (κ2) is 9.52. The molecule has 0 aliphatic rings. The van der Waals surface area contributed by atoms with Gasteiger partial charge in [-0.15, -0.1) is 0 Å². The zero-order valence-electron chi connectivity index (χ0n) is 15.7. The number of hydrogen-bond donors (Lipinski definition) is 0. The van der Waals surface area contributed by atoms with Gasteiger partial charge in [0.2, 0.25) is 0 Å². The van der Waals surface area contributed by atoms with Gasteiger partial charge in [-0.3, -0.25) is 10.1 Å². The number of rotatable bonds is 8. The average molecular weight is 369 g/mol. The Morgan fingerprint density at radius 1 is 1.00 bits per heavy atom. The minimum atomic E-state index is -0.446. The van der Waals surface area contributed by atoms with Crippen LogP contribution in [0.15, 0.2) is 54.1 Å². The van der Waals surface area contributed by atoms with Gasteiger partial charge < -0.3 is 9.47 Å². The molecule has 0 atom stereocenters. The molecule has 0 saturated heterocycles. The molecule has 6 nitrogen and oxygen atoms in total. The van der Waals surface area contributed by atoms with Gasteiger partial charge in [-0.1, -0.05) is 25.5 Å². The summed E-state index contributed by atoms with van der Waals surface area (Å²) in [5, 5.41) is 11.0. The highest BCUT2D eigenvalue weighted by atomic mass is 16.6. The molecule has 0 spiro atoms. The quantitative estimate of drug-likeness (QED) is 0.290. The van der Waals surface area contributed by atoms with E-state index in [1.54, 1.807) is 19.2 Å². The normalized spacial score (nSPS) is 11.5. The summed E-state index contributed by atoms with van der Waals surface area (Å²) in [5.41, 5.74) is 2.82. The van der Waals surface area contributed by atoms with E-state index in [1.807, 2.05) is 31.2 Å². The summed E-state index contributed by atoms with van der Waals surface area (Å²) in [6.45, 7) is 2.05. The van der Waals surface area contributed by atoms with Crippen molar-refractivity contribution in [1.29, 1.82) is 0 Å². The third kappa shape index (κ3) is 4.94. The van der Waals surface area contributed by atoms with Crippen LogP contribution in [-0.2, 0) is 9.53 Å². The van der Waals surface area contributed by atoms with Crippen molar-refractivity contribution in [3.8, 4) is 5.75 Å². The largest absolute Gasteiger partial charge is 0.497 e. The lowest BCUT2D eigenvalue weighted by molar-refractivity contribution is -0.384. The Morgan fingerprint density at radius 3 is 2.00 bits per heavy atom. The van der Waals surface area contributed by atoms with Crippen LogP contribution in [-0.4, -0.2) is 25.1 Å². The molecule has 142 valence electrons. The number of nitro benzene ring substituents is 1. The van der Waals surface area contributed by atoms with Gasteiger partial charge in [0.05, 0.1) is 19.1 Å². The molecule has 6 heteroatoms. The van der Waals surface area contributed by atoms with E-state index in [9.17, 15) is 14.9 Å². The second-order valence-electron chi connectivity index (χ2n) is 5.98. The Morgan fingerprint density at radius 2 is 1.56 bits per heavy atom. The molecular formula is C21H23NO5. The Kier molecular flexibility index (Phi) is 7.11. The lowest BCUT2D eigenvalue weighted by Gasteiger charge is -2.15. The van der Waals surface area contributed by atoms with E-state index in [0.717, 1.165) is 24.0 Å². The van der Waals surface area contributed by atoms with E-state index in [1.165, 1.54) is 19.2 Å². The second-order valence-corrected chi connectivity index (χ2v) is 5.98. The van der Waals surface area contributed by atoms with Gasteiger partial charge >= 0.3 is 5.97 Å². The summed E-state index contributed by atoms with van der Waals surface area (Å²) in [4.78, 5) is 23.0. The molecule has 0 aromatic heterocycles. The zero-order valence-corrected chi connectivity index (χ0v) is 15.7. The van der Waals surface area contributed by atoms with Crippen LogP contribution in [0.1, 0.15) is 37.3 Å². The van der Waals surface area contributed by atoms with Gasteiger partial charge in [0.1, 0.15) is 5.75 Å². The lowest BCUT2D eigenvalue weighted by Crippen LogP contribution is -2.09. The molecule has 0 aliphatic heterocycles. The van der Waals surface area contributed by atoms with Crippen LogP contribution in [0.25, 0.3) is 5.57 Å². The van der Waals surface area contributed by atoms with E-state index < -0.39 is 10.9 Å². The summed E-state index contributed by atoms with van der Waals surface area (Å²) < 4.78 is 10.2. The molecule has 27 heavy (non-hydrogen) atoms. The number of carbonyl (C=O) groups is 1. The molecule has 0 bridgehead atoms. The molecule has 0 amide bonds. The summed E-state index contributed by atoms with van der Waals surface area (Å²) in [5.74, 6) is 0.308. The SMILES string of the molecule is CCCC/C(C(=O)OC)=C(\c1ccc(OC)cc1)c1ccc([N+](=O)[O-])cc1.